The summed E-state index contributed by atoms with van der Waals surface area (Å²) in [5.74, 6) is 0.476. The lowest BCUT2D eigenvalue weighted by Crippen LogP contribution is -2.46. The third kappa shape index (κ3) is 7.39. The van der Waals surface area contributed by atoms with Gasteiger partial charge in [-0.15, -0.1) is 0 Å². The second-order valence-electron chi connectivity index (χ2n) is 9.14. The lowest BCUT2D eigenvalue weighted by molar-refractivity contribution is -0.111. The molecule has 8 nitrogen and oxygen atoms in total. The monoisotopic (exact) mass is 529 g/mol. The first kappa shape index (κ1) is 27.7. The Morgan fingerprint density at radius 1 is 0.923 bits per heavy atom. The third-order valence-corrected chi connectivity index (χ3v) is 6.55. The van der Waals surface area contributed by atoms with E-state index in [0.717, 1.165) is 44.0 Å². The maximum atomic E-state index is 13.0. The molecule has 0 bridgehead atoms. The number of benzene rings is 3. The van der Waals surface area contributed by atoms with Crippen molar-refractivity contribution in [2.24, 2.45) is 0 Å². The van der Waals surface area contributed by atoms with Crippen LogP contribution in [-0.4, -0.2) is 63.8 Å². The number of piperazine rings is 1. The van der Waals surface area contributed by atoms with Crippen molar-refractivity contribution in [2.45, 2.75) is 13.5 Å². The van der Waals surface area contributed by atoms with Gasteiger partial charge in [0.15, 0.2) is 11.5 Å². The first-order chi connectivity index (χ1) is 19.0. The third-order valence-electron chi connectivity index (χ3n) is 6.55. The van der Waals surface area contributed by atoms with Gasteiger partial charge in [0.05, 0.1) is 37.8 Å². The van der Waals surface area contributed by atoms with E-state index in [9.17, 15) is 9.59 Å². The highest BCUT2D eigenvalue weighted by Gasteiger charge is 2.21. The summed E-state index contributed by atoms with van der Waals surface area (Å²) < 4.78 is 15.9. The summed E-state index contributed by atoms with van der Waals surface area (Å²) in [7, 11) is 2.92. The average molecular weight is 530 g/mol. The van der Waals surface area contributed by atoms with E-state index in [0.29, 0.717) is 29.4 Å². The lowest BCUT2D eigenvalue weighted by atomic mass is 10.1. The largest absolute Gasteiger partial charge is 0.493 e. The summed E-state index contributed by atoms with van der Waals surface area (Å²) >= 11 is 0. The van der Waals surface area contributed by atoms with Gasteiger partial charge < -0.3 is 24.4 Å². The van der Waals surface area contributed by atoms with Crippen molar-refractivity contribution in [3.8, 4) is 11.5 Å². The number of amides is 1. The van der Waals surface area contributed by atoms with Gasteiger partial charge in [0.25, 0.3) is 0 Å². The predicted octanol–water partition coefficient (Wildman–Crippen LogP) is 4.85. The zero-order valence-electron chi connectivity index (χ0n) is 22.7. The maximum absolute atomic E-state index is 13.0. The average Bonchev–Trinajstić information content (AvgIpc) is 2.97. The SMILES string of the molecule is CCOc1ccc(/C=C/C(=O)Nc2cc(C(=O)OC)ccc2N2CCN(Cc3ccccc3)CC2)cc1OC. The van der Waals surface area contributed by atoms with Gasteiger partial charge in [0, 0.05) is 38.8 Å². The first-order valence-corrected chi connectivity index (χ1v) is 13.0. The Labute approximate surface area is 229 Å². The number of hydrogen-bond acceptors (Lipinski definition) is 7. The molecule has 0 atom stereocenters. The fraction of sp³-hybridized carbons (Fsp3) is 0.290. The molecule has 0 radical (unpaired) electrons. The molecule has 0 aliphatic carbocycles. The van der Waals surface area contributed by atoms with Crippen LogP contribution in [0.4, 0.5) is 11.4 Å². The quantitative estimate of drug-likeness (QED) is 0.297. The van der Waals surface area contributed by atoms with Gasteiger partial charge >= 0.3 is 5.97 Å². The van der Waals surface area contributed by atoms with E-state index in [-0.39, 0.29) is 5.91 Å². The molecule has 1 saturated heterocycles. The number of methoxy groups -OCH3 is 2. The lowest BCUT2D eigenvalue weighted by Gasteiger charge is -2.37. The highest BCUT2D eigenvalue weighted by atomic mass is 16.5. The Hall–Kier alpha value is -4.30. The number of nitrogens with one attached hydrogen (secondary N) is 1. The van der Waals surface area contributed by atoms with E-state index in [1.54, 1.807) is 25.3 Å². The minimum absolute atomic E-state index is 0.311. The van der Waals surface area contributed by atoms with Crippen molar-refractivity contribution in [3.05, 3.63) is 89.5 Å². The standard InChI is InChI=1S/C31H35N3O5/c1-4-39-28-14-10-23(20-29(28)37-2)11-15-30(35)32-26-21-25(31(36)38-3)12-13-27(26)34-18-16-33(17-19-34)22-24-8-6-5-7-9-24/h5-15,20-21H,4,16-19,22H2,1-3H3,(H,32,35)/b15-11+. The maximum Gasteiger partial charge on any atom is 0.337 e. The molecule has 1 heterocycles. The zero-order valence-corrected chi connectivity index (χ0v) is 22.7. The number of esters is 1. The van der Waals surface area contributed by atoms with Crippen LogP contribution in [0.5, 0.6) is 11.5 Å². The van der Waals surface area contributed by atoms with E-state index >= 15 is 0 Å². The normalized spacial score (nSPS) is 13.8. The summed E-state index contributed by atoms with van der Waals surface area (Å²) in [5, 5.41) is 2.96. The van der Waals surface area contributed by atoms with Gasteiger partial charge in [-0.3, -0.25) is 9.69 Å². The number of rotatable bonds is 10. The van der Waals surface area contributed by atoms with Gasteiger partial charge in [0.2, 0.25) is 5.91 Å². The molecule has 3 aromatic carbocycles. The van der Waals surface area contributed by atoms with Crippen LogP contribution in [0, 0.1) is 0 Å². The van der Waals surface area contributed by atoms with Gasteiger partial charge in [-0.1, -0.05) is 36.4 Å². The number of carbonyl (C=O) groups excluding carboxylic acids is 2. The molecule has 0 unspecified atom stereocenters. The molecule has 1 aliphatic heterocycles. The Bertz CT molecular complexity index is 1300. The minimum Gasteiger partial charge on any atom is -0.493 e. The molecule has 204 valence electrons. The number of hydrogen-bond donors (Lipinski definition) is 1. The second-order valence-corrected chi connectivity index (χ2v) is 9.14. The van der Waals surface area contributed by atoms with E-state index in [4.69, 9.17) is 14.2 Å². The van der Waals surface area contributed by atoms with Crippen molar-refractivity contribution < 1.29 is 23.8 Å². The molecule has 8 heteroatoms. The van der Waals surface area contributed by atoms with Crippen molar-refractivity contribution in [2.75, 3.05) is 57.2 Å². The topological polar surface area (TPSA) is 80.3 Å². The van der Waals surface area contributed by atoms with Crippen molar-refractivity contribution in [3.63, 3.8) is 0 Å². The Kier molecular flexibility index (Phi) is 9.58. The molecule has 1 aliphatic rings. The number of nitrogens with zero attached hydrogens (tertiary/aromatic N) is 2. The second kappa shape index (κ2) is 13.5. The molecule has 0 saturated carbocycles. The smallest absolute Gasteiger partial charge is 0.337 e. The molecule has 39 heavy (non-hydrogen) atoms. The van der Waals surface area contributed by atoms with E-state index in [1.807, 2.05) is 37.3 Å². The predicted molar refractivity (Wildman–Crippen MR) is 154 cm³/mol. The molecule has 1 amide bonds. The highest BCUT2D eigenvalue weighted by Crippen LogP contribution is 2.30. The molecule has 0 aromatic heterocycles. The first-order valence-electron chi connectivity index (χ1n) is 13.0. The zero-order chi connectivity index (χ0) is 27.6. The summed E-state index contributed by atoms with van der Waals surface area (Å²) in [6.07, 6.45) is 3.17. The van der Waals surface area contributed by atoms with Crippen LogP contribution in [0.3, 0.4) is 0 Å². The summed E-state index contributed by atoms with van der Waals surface area (Å²) in [4.78, 5) is 29.8. The Morgan fingerprint density at radius 2 is 1.69 bits per heavy atom. The molecular formula is C31H35N3O5. The molecule has 0 spiro atoms. The number of carbonyl (C=O) groups is 2. The van der Waals surface area contributed by atoms with Crippen LogP contribution in [0.1, 0.15) is 28.4 Å². The van der Waals surface area contributed by atoms with Crippen molar-refractivity contribution >= 4 is 29.3 Å². The molecular weight excluding hydrogens is 494 g/mol. The van der Waals surface area contributed by atoms with E-state index in [2.05, 4.69) is 39.4 Å². The summed E-state index contributed by atoms with van der Waals surface area (Å²) in [6.45, 7) is 6.72. The van der Waals surface area contributed by atoms with Crippen molar-refractivity contribution in [1.82, 2.24) is 4.90 Å². The molecule has 1 fully saturated rings. The number of ether oxygens (including phenoxy) is 3. The van der Waals surface area contributed by atoms with E-state index in [1.165, 1.54) is 18.7 Å². The molecule has 3 aromatic rings. The Balaban J connectivity index is 1.47. The van der Waals surface area contributed by atoms with Crippen molar-refractivity contribution in [1.29, 1.82) is 0 Å². The van der Waals surface area contributed by atoms with Crippen LogP contribution in [0.2, 0.25) is 0 Å². The van der Waals surface area contributed by atoms with Gasteiger partial charge in [0.1, 0.15) is 0 Å². The van der Waals surface area contributed by atoms with Gasteiger partial charge in [-0.05, 0) is 54.5 Å². The highest BCUT2D eigenvalue weighted by molar-refractivity contribution is 6.05. The van der Waals surface area contributed by atoms with E-state index < -0.39 is 5.97 Å². The molecule has 4 rings (SSSR count). The number of anilines is 2. The van der Waals surface area contributed by atoms with Gasteiger partial charge in [-0.2, -0.15) is 0 Å². The summed E-state index contributed by atoms with van der Waals surface area (Å²) in [5.41, 5.74) is 3.89. The van der Waals surface area contributed by atoms with Crippen LogP contribution < -0.4 is 19.7 Å². The van der Waals surface area contributed by atoms with Crippen LogP contribution in [0.15, 0.2) is 72.8 Å². The van der Waals surface area contributed by atoms with Crippen LogP contribution in [-0.2, 0) is 16.1 Å². The minimum atomic E-state index is -0.457. The molecule has 1 N–H and O–H groups in total. The van der Waals surface area contributed by atoms with Gasteiger partial charge in [-0.25, -0.2) is 4.79 Å². The Morgan fingerprint density at radius 3 is 2.38 bits per heavy atom. The van der Waals surface area contributed by atoms with Crippen LogP contribution in [0.25, 0.3) is 6.08 Å². The van der Waals surface area contributed by atoms with Crippen LogP contribution >= 0.6 is 0 Å². The fourth-order valence-electron chi connectivity index (χ4n) is 4.55. The fourth-order valence-corrected chi connectivity index (χ4v) is 4.55. The summed E-state index contributed by atoms with van der Waals surface area (Å²) in [6, 6.07) is 21.2.